The Morgan fingerprint density at radius 3 is 2.70 bits per heavy atom. The Labute approximate surface area is 121 Å². The van der Waals surface area contributed by atoms with Crippen LogP contribution in [0.1, 0.15) is 46.5 Å². The lowest BCUT2D eigenvalue weighted by Crippen LogP contribution is -2.51. The molecule has 1 aliphatic heterocycles. The van der Waals surface area contributed by atoms with Crippen LogP contribution in [0.5, 0.6) is 0 Å². The summed E-state index contributed by atoms with van der Waals surface area (Å²) in [7, 11) is 0. The van der Waals surface area contributed by atoms with E-state index in [1.807, 2.05) is 20.8 Å². The van der Waals surface area contributed by atoms with E-state index in [0.29, 0.717) is 5.92 Å². The van der Waals surface area contributed by atoms with E-state index in [0.717, 1.165) is 45.3 Å². The molecule has 2 N–H and O–H groups in total. The molecular weight excluding hydrogens is 256 g/mol. The third kappa shape index (κ3) is 4.94. The van der Waals surface area contributed by atoms with Crippen molar-refractivity contribution in [3.05, 3.63) is 0 Å². The number of nitrogens with one attached hydrogen (secondary N) is 1. The van der Waals surface area contributed by atoms with Crippen LogP contribution in [-0.4, -0.2) is 53.5 Å². The molecule has 1 saturated heterocycles. The van der Waals surface area contributed by atoms with Gasteiger partial charge in [0.05, 0.1) is 6.10 Å². The Balaban J connectivity index is 1.71. The predicted octanol–water partition coefficient (Wildman–Crippen LogP) is 1.75. The number of ether oxygens (including phenoxy) is 1. The Morgan fingerprint density at radius 2 is 2.10 bits per heavy atom. The van der Waals surface area contributed by atoms with E-state index in [2.05, 4.69) is 10.2 Å². The van der Waals surface area contributed by atoms with Gasteiger partial charge in [0, 0.05) is 19.1 Å². The summed E-state index contributed by atoms with van der Waals surface area (Å²) in [6.45, 7) is 8.67. The molecule has 2 fully saturated rings. The van der Waals surface area contributed by atoms with Gasteiger partial charge in [-0.25, -0.2) is 4.79 Å². The van der Waals surface area contributed by atoms with E-state index < -0.39 is 5.60 Å². The minimum Gasteiger partial charge on any atom is -0.444 e. The number of hydrogen-bond donors (Lipinski definition) is 2. The summed E-state index contributed by atoms with van der Waals surface area (Å²) in [5.41, 5.74) is -0.444. The maximum atomic E-state index is 11.8. The number of likely N-dealkylation sites (tertiary alicyclic amines) is 1. The highest BCUT2D eigenvalue weighted by Crippen LogP contribution is 2.28. The molecule has 1 aliphatic carbocycles. The number of rotatable bonds is 3. The molecule has 0 aromatic rings. The van der Waals surface area contributed by atoms with E-state index in [1.54, 1.807) is 0 Å². The van der Waals surface area contributed by atoms with Crippen molar-refractivity contribution < 1.29 is 14.6 Å². The Bertz CT molecular complexity index is 335. The molecule has 1 saturated carbocycles. The molecule has 2 rings (SSSR count). The second-order valence-corrected chi connectivity index (χ2v) is 7.24. The SMILES string of the molecule is CC(C)(C)OC(=O)NC1CCCN(CC2CC(O)C2)C1. The third-order valence-corrected chi connectivity index (χ3v) is 3.95. The van der Waals surface area contributed by atoms with Gasteiger partial charge in [-0.05, 0) is 58.9 Å². The highest BCUT2D eigenvalue weighted by atomic mass is 16.6. The van der Waals surface area contributed by atoms with Gasteiger partial charge in [0.25, 0.3) is 0 Å². The molecule has 1 unspecified atom stereocenters. The first-order chi connectivity index (χ1) is 9.32. The molecule has 0 spiro atoms. The number of nitrogens with zero attached hydrogens (tertiary/aromatic N) is 1. The number of piperidine rings is 1. The van der Waals surface area contributed by atoms with Crippen LogP contribution in [0.2, 0.25) is 0 Å². The molecule has 5 nitrogen and oxygen atoms in total. The molecule has 1 heterocycles. The van der Waals surface area contributed by atoms with Crippen molar-refractivity contribution in [2.75, 3.05) is 19.6 Å². The predicted molar refractivity (Wildman–Crippen MR) is 77.6 cm³/mol. The number of carbonyl (C=O) groups is 1. The van der Waals surface area contributed by atoms with Crippen LogP contribution in [0.15, 0.2) is 0 Å². The first-order valence-corrected chi connectivity index (χ1v) is 7.72. The largest absolute Gasteiger partial charge is 0.444 e. The quantitative estimate of drug-likeness (QED) is 0.829. The fourth-order valence-electron chi connectivity index (χ4n) is 3.03. The lowest BCUT2D eigenvalue weighted by molar-refractivity contribution is 0.0174. The van der Waals surface area contributed by atoms with Gasteiger partial charge in [-0.1, -0.05) is 0 Å². The summed E-state index contributed by atoms with van der Waals surface area (Å²) in [4.78, 5) is 14.2. The fraction of sp³-hybridized carbons (Fsp3) is 0.933. The van der Waals surface area contributed by atoms with E-state index in [1.165, 1.54) is 0 Å². The molecule has 5 heteroatoms. The normalized spacial score (nSPS) is 31.5. The topological polar surface area (TPSA) is 61.8 Å². The summed E-state index contributed by atoms with van der Waals surface area (Å²) >= 11 is 0. The molecule has 0 radical (unpaired) electrons. The lowest BCUT2D eigenvalue weighted by atomic mass is 9.82. The second-order valence-electron chi connectivity index (χ2n) is 7.24. The first-order valence-electron chi connectivity index (χ1n) is 7.72. The van der Waals surface area contributed by atoms with Gasteiger partial charge in [0.2, 0.25) is 0 Å². The van der Waals surface area contributed by atoms with Crippen LogP contribution < -0.4 is 5.32 Å². The molecular formula is C15H28N2O3. The Kier molecular flexibility index (Phi) is 4.91. The van der Waals surface area contributed by atoms with Crippen molar-refractivity contribution in [3.8, 4) is 0 Å². The summed E-state index contributed by atoms with van der Waals surface area (Å²) in [5, 5.41) is 12.3. The zero-order valence-corrected chi connectivity index (χ0v) is 12.9. The first kappa shape index (κ1) is 15.6. The molecule has 116 valence electrons. The van der Waals surface area contributed by atoms with Gasteiger partial charge in [0.15, 0.2) is 0 Å². The fourth-order valence-corrected chi connectivity index (χ4v) is 3.03. The average Bonchev–Trinajstić information content (AvgIpc) is 2.24. The Hall–Kier alpha value is -0.810. The van der Waals surface area contributed by atoms with Crippen molar-refractivity contribution >= 4 is 6.09 Å². The van der Waals surface area contributed by atoms with Gasteiger partial charge in [-0.2, -0.15) is 0 Å². The van der Waals surface area contributed by atoms with Crippen molar-refractivity contribution in [2.24, 2.45) is 5.92 Å². The summed E-state index contributed by atoms with van der Waals surface area (Å²) in [6.07, 6.45) is 3.59. The lowest BCUT2D eigenvalue weighted by Gasteiger charge is -2.39. The zero-order chi connectivity index (χ0) is 14.8. The number of aliphatic hydroxyl groups is 1. The van der Waals surface area contributed by atoms with Crippen LogP contribution in [-0.2, 0) is 4.74 Å². The Morgan fingerprint density at radius 1 is 1.40 bits per heavy atom. The smallest absolute Gasteiger partial charge is 0.407 e. The van der Waals surface area contributed by atoms with Crippen LogP contribution in [0.4, 0.5) is 4.79 Å². The number of alkyl carbamates (subject to hydrolysis) is 1. The van der Waals surface area contributed by atoms with Crippen LogP contribution in [0.3, 0.4) is 0 Å². The monoisotopic (exact) mass is 284 g/mol. The highest BCUT2D eigenvalue weighted by molar-refractivity contribution is 5.68. The van der Waals surface area contributed by atoms with Crippen LogP contribution in [0, 0.1) is 5.92 Å². The number of amides is 1. The van der Waals surface area contributed by atoms with Crippen molar-refractivity contribution in [1.29, 1.82) is 0 Å². The van der Waals surface area contributed by atoms with E-state index in [9.17, 15) is 9.90 Å². The number of carbonyl (C=O) groups excluding carboxylic acids is 1. The van der Waals surface area contributed by atoms with Crippen LogP contribution in [0.25, 0.3) is 0 Å². The van der Waals surface area contributed by atoms with Crippen molar-refractivity contribution in [3.63, 3.8) is 0 Å². The second kappa shape index (κ2) is 6.31. The molecule has 0 bridgehead atoms. The number of aliphatic hydroxyl groups excluding tert-OH is 1. The van der Waals surface area contributed by atoms with Gasteiger partial charge in [0.1, 0.15) is 5.60 Å². The van der Waals surface area contributed by atoms with Crippen molar-refractivity contribution in [2.45, 2.75) is 64.2 Å². The molecule has 0 aromatic heterocycles. The zero-order valence-electron chi connectivity index (χ0n) is 12.9. The van der Waals surface area contributed by atoms with E-state index in [4.69, 9.17) is 4.74 Å². The summed E-state index contributed by atoms with van der Waals surface area (Å²) in [5.74, 6) is 0.630. The van der Waals surface area contributed by atoms with Crippen molar-refractivity contribution in [1.82, 2.24) is 10.2 Å². The van der Waals surface area contributed by atoms with Gasteiger partial charge in [-0.3, -0.25) is 0 Å². The summed E-state index contributed by atoms with van der Waals surface area (Å²) < 4.78 is 5.30. The van der Waals surface area contributed by atoms with Crippen LogP contribution >= 0.6 is 0 Å². The molecule has 1 amide bonds. The maximum absolute atomic E-state index is 11.8. The maximum Gasteiger partial charge on any atom is 0.407 e. The van der Waals surface area contributed by atoms with Gasteiger partial charge < -0.3 is 20.1 Å². The molecule has 2 aliphatic rings. The number of hydrogen-bond acceptors (Lipinski definition) is 4. The average molecular weight is 284 g/mol. The standard InChI is InChI=1S/C15H28N2O3/c1-15(2,3)20-14(19)16-12-5-4-6-17(10-12)9-11-7-13(18)8-11/h11-13,18H,4-10H2,1-3H3,(H,16,19). The highest BCUT2D eigenvalue weighted by Gasteiger charge is 2.31. The van der Waals surface area contributed by atoms with Gasteiger partial charge in [-0.15, -0.1) is 0 Å². The molecule has 20 heavy (non-hydrogen) atoms. The van der Waals surface area contributed by atoms with E-state index >= 15 is 0 Å². The minimum absolute atomic E-state index is 0.0829. The van der Waals surface area contributed by atoms with E-state index in [-0.39, 0.29) is 18.2 Å². The third-order valence-electron chi connectivity index (χ3n) is 3.95. The summed E-state index contributed by atoms with van der Waals surface area (Å²) in [6, 6.07) is 0.184. The molecule has 1 atom stereocenters. The minimum atomic E-state index is -0.444. The molecule has 0 aromatic carbocycles. The van der Waals surface area contributed by atoms with Gasteiger partial charge >= 0.3 is 6.09 Å².